The molecule has 8 nitrogen and oxygen atoms in total. The number of likely N-dealkylation sites (N-methyl/N-ethyl adjacent to an activating group) is 1. The number of hydrogen-bond acceptors (Lipinski definition) is 7. The van der Waals surface area contributed by atoms with E-state index in [0.717, 1.165) is 37.1 Å². The number of ether oxygens (including phenoxy) is 2. The van der Waals surface area contributed by atoms with Crippen molar-refractivity contribution >= 4 is 11.8 Å². The van der Waals surface area contributed by atoms with Crippen molar-refractivity contribution < 1.29 is 18.7 Å². The zero-order valence-corrected chi connectivity index (χ0v) is 19.2. The van der Waals surface area contributed by atoms with Gasteiger partial charge in [0.25, 0.3) is 0 Å². The zero-order chi connectivity index (χ0) is 23.1. The van der Waals surface area contributed by atoms with Crippen molar-refractivity contribution in [1.29, 1.82) is 0 Å². The number of hydrogen-bond donors (Lipinski definition) is 3. The highest BCUT2D eigenvalue weighted by molar-refractivity contribution is 5.69. The van der Waals surface area contributed by atoms with Crippen molar-refractivity contribution in [2.45, 2.75) is 64.4 Å². The van der Waals surface area contributed by atoms with Gasteiger partial charge in [-0.2, -0.15) is 0 Å². The summed E-state index contributed by atoms with van der Waals surface area (Å²) < 4.78 is 24.0. The number of aromatic nitrogens is 1. The van der Waals surface area contributed by atoms with Gasteiger partial charge in [0.1, 0.15) is 5.75 Å². The molecule has 5 N–H and O–H groups in total. The summed E-state index contributed by atoms with van der Waals surface area (Å²) >= 11 is 0. The van der Waals surface area contributed by atoms with Crippen LogP contribution in [0.15, 0.2) is 17.8 Å². The molecule has 1 amide bonds. The standard InChI is InChI=1S/C23H36FN5O3/c1-16-20(32-17-6-4-3-5-7-17)9-8-18(28-16)21(25)19(29(2)26)14-27-22(30)31-15-23(10-11-23)12-13-24/h8-9,17H,3-7,10-15,25-26H2,1-2H3,(H,27,30)/b21-19-. The van der Waals surface area contributed by atoms with E-state index in [0.29, 0.717) is 23.5 Å². The number of aryl methyl sites for hydroxylation is 1. The van der Waals surface area contributed by atoms with Crippen LogP contribution >= 0.6 is 0 Å². The Balaban J connectivity index is 1.61. The summed E-state index contributed by atoms with van der Waals surface area (Å²) in [5.41, 5.74) is 8.33. The molecule has 32 heavy (non-hydrogen) atoms. The van der Waals surface area contributed by atoms with Gasteiger partial charge in [-0.3, -0.25) is 4.39 Å². The fourth-order valence-corrected chi connectivity index (χ4v) is 4.01. The van der Waals surface area contributed by atoms with Crippen LogP contribution in [-0.4, -0.2) is 49.1 Å². The molecular formula is C23H36FN5O3. The Labute approximate surface area is 189 Å². The maximum Gasteiger partial charge on any atom is 0.407 e. The summed E-state index contributed by atoms with van der Waals surface area (Å²) in [6.45, 7) is 1.79. The molecule has 1 heterocycles. The Kier molecular flexibility index (Phi) is 8.17. The first-order valence-corrected chi connectivity index (χ1v) is 11.4. The minimum atomic E-state index is -0.581. The summed E-state index contributed by atoms with van der Waals surface area (Å²) in [7, 11) is 1.64. The van der Waals surface area contributed by atoms with Crippen molar-refractivity contribution in [3.63, 3.8) is 0 Å². The average molecular weight is 450 g/mol. The van der Waals surface area contributed by atoms with Crippen LogP contribution in [0.2, 0.25) is 0 Å². The van der Waals surface area contributed by atoms with Gasteiger partial charge in [0.05, 0.1) is 48.7 Å². The number of alkyl halides is 1. The molecule has 0 saturated heterocycles. The first kappa shape index (κ1) is 24.1. The van der Waals surface area contributed by atoms with E-state index in [1.54, 1.807) is 13.1 Å². The SMILES string of the molecule is Cc1nc(/C(N)=C(\CNC(=O)OCC2(CCF)CC2)N(C)N)ccc1OC1CCCCC1. The highest BCUT2D eigenvalue weighted by Gasteiger charge is 2.43. The lowest BCUT2D eigenvalue weighted by atomic mass is 9.98. The molecule has 0 atom stereocenters. The second kappa shape index (κ2) is 10.8. The second-order valence-corrected chi connectivity index (χ2v) is 9.00. The molecule has 0 aliphatic heterocycles. The van der Waals surface area contributed by atoms with Gasteiger partial charge in [-0.1, -0.05) is 6.42 Å². The van der Waals surface area contributed by atoms with E-state index >= 15 is 0 Å². The monoisotopic (exact) mass is 449 g/mol. The van der Waals surface area contributed by atoms with Crippen LogP contribution in [0, 0.1) is 12.3 Å². The third kappa shape index (κ3) is 6.48. The molecule has 2 aliphatic rings. The number of rotatable bonds is 10. The fourth-order valence-electron chi connectivity index (χ4n) is 4.01. The smallest absolute Gasteiger partial charge is 0.407 e. The van der Waals surface area contributed by atoms with Gasteiger partial charge in [0, 0.05) is 12.5 Å². The molecule has 0 unspecified atom stereocenters. The molecule has 2 fully saturated rings. The zero-order valence-electron chi connectivity index (χ0n) is 19.2. The molecule has 2 aliphatic carbocycles. The molecule has 0 spiro atoms. The first-order chi connectivity index (χ1) is 15.3. The summed E-state index contributed by atoms with van der Waals surface area (Å²) in [4.78, 5) is 16.7. The Hall–Kier alpha value is -2.55. The number of alkyl carbamates (subject to hydrolysis) is 1. The van der Waals surface area contributed by atoms with Gasteiger partial charge in [-0.25, -0.2) is 15.6 Å². The van der Waals surface area contributed by atoms with Crippen LogP contribution in [0.1, 0.15) is 62.8 Å². The fraction of sp³-hybridized carbons (Fsp3) is 0.652. The van der Waals surface area contributed by atoms with Gasteiger partial charge in [-0.05, 0) is 64.0 Å². The van der Waals surface area contributed by atoms with Gasteiger partial charge in [0.2, 0.25) is 0 Å². The van der Waals surface area contributed by atoms with Crippen LogP contribution in [0.25, 0.3) is 5.70 Å². The van der Waals surface area contributed by atoms with Gasteiger partial charge in [0.15, 0.2) is 0 Å². The normalized spacial score (nSPS) is 18.5. The summed E-state index contributed by atoms with van der Waals surface area (Å²) in [5.74, 6) is 6.72. The first-order valence-electron chi connectivity index (χ1n) is 11.4. The number of hydrazine groups is 1. The van der Waals surface area contributed by atoms with Crippen molar-refractivity contribution in [3.8, 4) is 5.75 Å². The molecule has 2 saturated carbocycles. The number of carbonyl (C=O) groups is 1. The number of amides is 1. The average Bonchev–Trinajstić information content (AvgIpc) is 3.54. The lowest BCUT2D eigenvalue weighted by Crippen LogP contribution is -2.37. The molecule has 178 valence electrons. The molecule has 0 aromatic carbocycles. The van der Waals surface area contributed by atoms with E-state index in [-0.39, 0.29) is 24.7 Å². The number of pyridine rings is 1. The van der Waals surface area contributed by atoms with E-state index in [2.05, 4.69) is 10.3 Å². The predicted molar refractivity (Wildman–Crippen MR) is 121 cm³/mol. The number of halogens is 1. The van der Waals surface area contributed by atoms with E-state index < -0.39 is 12.8 Å². The minimum absolute atomic E-state index is 0.0782. The quantitative estimate of drug-likeness (QED) is 0.370. The Morgan fingerprint density at radius 1 is 1.31 bits per heavy atom. The number of nitrogens with zero attached hydrogens (tertiary/aromatic N) is 2. The van der Waals surface area contributed by atoms with Crippen LogP contribution in [0.4, 0.5) is 9.18 Å². The lowest BCUT2D eigenvalue weighted by molar-refractivity contribution is 0.115. The van der Waals surface area contributed by atoms with Crippen molar-refractivity contribution in [1.82, 2.24) is 15.3 Å². The van der Waals surface area contributed by atoms with Crippen LogP contribution in [0.3, 0.4) is 0 Å². The Bertz CT molecular complexity index is 820. The summed E-state index contributed by atoms with van der Waals surface area (Å²) in [6, 6.07) is 3.69. The van der Waals surface area contributed by atoms with Crippen LogP contribution in [0.5, 0.6) is 5.75 Å². The number of nitrogens with one attached hydrogen (secondary N) is 1. The maximum atomic E-state index is 12.6. The van der Waals surface area contributed by atoms with Crippen molar-refractivity contribution in [3.05, 3.63) is 29.2 Å². The van der Waals surface area contributed by atoms with Crippen LogP contribution in [-0.2, 0) is 4.74 Å². The largest absolute Gasteiger partial charge is 0.489 e. The molecule has 0 bridgehead atoms. The number of carbonyl (C=O) groups excluding carboxylic acids is 1. The Morgan fingerprint density at radius 2 is 2.03 bits per heavy atom. The van der Waals surface area contributed by atoms with Gasteiger partial charge < -0.3 is 25.5 Å². The summed E-state index contributed by atoms with van der Waals surface area (Å²) in [6.07, 6.45) is 7.67. The highest BCUT2D eigenvalue weighted by Crippen LogP contribution is 2.48. The lowest BCUT2D eigenvalue weighted by Gasteiger charge is -2.24. The third-order valence-corrected chi connectivity index (χ3v) is 6.39. The molecule has 3 rings (SSSR count). The molecular weight excluding hydrogens is 413 g/mol. The molecule has 0 radical (unpaired) electrons. The highest BCUT2D eigenvalue weighted by atomic mass is 19.1. The topological polar surface area (TPSA) is 116 Å². The molecule has 1 aromatic heterocycles. The van der Waals surface area contributed by atoms with Crippen LogP contribution < -0.4 is 21.6 Å². The maximum absolute atomic E-state index is 12.6. The van der Waals surface area contributed by atoms with Crippen molar-refractivity contribution in [2.24, 2.45) is 17.0 Å². The van der Waals surface area contributed by atoms with Gasteiger partial charge in [-0.15, -0.1) is 0 Å². The van der Waals surface area contributed by atoms with Crippen molar-refractivity contribution in [2.75, 3.05) is 26.9 Å². The Morgan fingerprint density at radius 3 is 2.62 bits per heavy atom. The predicted octanol–water partition coefficient (Wildman–Crippen LogP) is 3.40. The molecule has 9 heteroatoms. The third-order valence-electron chi connectivity index (χ3n) is 6.39. The number of nitrogens with two attached hydrogens (primary N) is 2. The van der Waals surface area contributed by atoms with Gasteiger partial charge >= 0.3 is 6.09 Å². The van der Waals surface area contributed by atoms with E-state index in [1.165, 1.54) is 24.3 Å². The van der Waals surface area contributed by atoms with E-state index in [9.17, 15) is 9.18 Å². The molecule has 1 aromatic rings. The minimum Gasteiger partial charge on any atom is -0.489 e. The van der Waals surface area contributed by atoms with E-state index in [4.69, 9.17) is 21.1 Å². The van der Waals surface area contributed by atoms with E-state index in [1.807, 2.05) is 13.0 Å². The second-order valence-electron chi connectivity index (χ2n) is 9.00. The summed E-state index contributed by atoms with van der Waals surface area (Å²) in [5, 5.41) is 4.02.